The summed E-state index contributed by atoms with van der Waals surface area (Å²) < 4.78 is 5.31. The Kier molecular flexibility index (Phi) is 9.79. The molecule has 0 bridgehead atoms. The number of nitrogens with zero attached hydrogens (tertiary/aromatic N) is 1. The van der Waals surface area contributed by atoms with Gasteiger partial charge in [-0.25, -0.2) is 9.69 Å². The standard InChI is InChI=1S/C28H38N2O3P/c1-8-33-28(32)30(26-17-13-12-16-25(26)23-14-10-9-11-15-23)27(31)24(18-29)19-34(20(2)3,21(4)5)22(6)7/h9-17,20-22,29H,8,19H2,1-7H3/q+1. The molecule has 2 aromatic rings. The molecule has 34 heavy (non-hydrogen) atoms. The van der Waals surface area contributed by atoms with Gasteiger partial charge in [-0.1, -0.05) is 48.5 Å². The molecule has 0 spiro atoms. The van der Waals surface area contributed by atoms with Crippen LogP contribution in [0.2, 0.25) is 0 Å². The van der Waals surface area contributed by atoms with Crippen LogP contribution < -0.4 is 4.90 Å². The summed E-state index contributed by atoms with van der Waals surface area (Å²) in [7, 11) is -1.70. The fourth-order valence-corrected chi connectivity index (χ4v) is 10.4. The van der Waals surface area contributed by atoms with Crippen molar-refractivity contribution in [3.8, 4) is 11.1 Å². The molecule has 0 atom stereocenters. The monoisotopic (exact) mass is 481 g/mol. The normalized spacial score (nSPS) is 11.5. The second-order valence-electron chi connectivity index (χ2n) is 9.26. The average Bonchev–Trinajstić information content (AvgIpc) is 2.80. The molecule has 0 aliphatic rings. The van der Waals surface area contributed by atoms with E-state index in [1.165, 1.54) is 0 Å². The Morgan fingerprint density at radius 3 is 1.94 bits per heavy atom. The Balaban J connectivity index is 2.64. The van der Waals surface area contributed by atoms with Crippen molar-refractivity contribution in [2.24, 2.45) is 0 Å². The maximum Gasteiger partial charge on any atom is 0.421 e. The molecule has 5 nitrogen and oxygen atoms in total. The molecule has 0 radical (unpaired) electrons. The van der Waals surface area contributed by atoms with Gasteiger partial charge in [0.2, 0.25) is 0 Å². The van der Waals surface area contributed by atoms with Crippen LogP contribution in [0.3, 0.4) is 0 Å². The lowest BCUT2D eigenvalue weighted by atomic mass is 10.0. The molecular weight excluding hydrogens is 443 g/mol. The highest BCUT2D eigenvalue weighted by molar-refractivity contribution is 7.78. The van der Waals surface area contributed by atoms with E-state index in [1.54, 1.807) is 19.1 Å². The zero-order valence-electron chi connectivity index (χ0n) is 21.5. The van der Waals surface area contributed by atoms with E-state index < -0.39 is 19.3 Å². The second-order valence-corrected chi connectivity index (χ2v) is 14.7. The number of rotatable bonds is 9. The number of amides is 2. The van der Waals surface area contributed by atoms with Crippen molar-refractivity contribution in [2.75, 3.05) is 17.7 Å². The molecule has 2 rings (SSSR count). The summed E-state index contributed by atoms with van der Waals surface area (Å²) in [5.74, 6) is 1.88. The molecule has 6 heteroatoms. The van der Waals surface area contributed by atoms with Crippen LogP contribution in [0.5, 0.6) is 0 Å². The van der Waals surface area contributed by atoms with Crippen LogP contribution in [0.1, 0.15) is 48.5 Å². The van der Waals surface area contributed by atoms with Gasteiger partial charge in [-0.15, -0.1) is 0 Å². The fourth-order valence-electron chi connectivity index (χ4n) is 4.92. The number of hydrogen-bond acceptors (Lipinski definition) is 4. The number of imide groups is 1. The van der Waals surface area contributed by atoms with Crippen LogP contribution in [-0.4, -0.2) is 47.6 Å². The van der Waals surface area contributed by atoms with Crippen LogP contribution in [0.15, 0.2) is 60.2 Å². The minimum atomic E-state index is -1.70. The fraction of sp³-hybridized carbons (Fsp3) is 0.429. The zero-order valence-corrected chi connectivity index (χ0v) is 22.4. The van der Waals surface area contributed by atoms with Crippen molar-refractivity contribution < 1.29 is 14.3 Å². The van der Waals surface area contributed by atoms with Gasteiger partial charge in [0.15, 0.2) is 0 Å². The molecule has 0 fully saturated rings. The van der Waals surface area contributed by atoms with Crippen molar-refractivity contribution in [3.63, 3.8) is 0 Å². The van der Waals surface area contributed by atoms with Gasteiger partial charge >= 0.3 is 6.09 Å². The van der Waals surface area contributed by atoms with Crippen molar-refractivity contribution in [3.05, 3.63) is 60.2 Å². The third-order valence-electron chi connectivity index (χ3n) is 6.61. The van der Waals surface area contributed by atoms with Crippen molar-refractivity contribution in [1.29, 1.82) is 5.41 Å². The molecule has 0 aliphatic carbocycles. The first-order valence-corrected chi connectivity index (χ1v) is 14.1. The average molecular weight is 482 g/mol. The smallest absolute Gasteiger partial charge is 0.421 e. The number of carbonyl (C=O) groups is 2. The Hall–Kier alpha value is -2.74. The van der Waals surface area contributed by atoms with E-state index in [0.29, 0.717) is 28.8 Å². The lowest BCUT2D eigenvalue weighted by Gasteiger charge is -2.38. The van der Waals surface area contributed by atoms with E-state index in [9.17, 15) is 9.59 Å². The Bertz CT molecular complexity index is 1020. The van der Waals surface area contributed by atoms with Crippen LogP contribution in [0, 0.1) is 5.41 Å². The molecule has 0 saturated carbocycles. The largest absolute Gasteiger partial charge is 0.449 e. The predicted octanol–water partition coefficient (Wildman–Crippen LogP) is 7.26. The quantitative estimate of drug-likeness (QED) is 0.233. The minimum Gasteiger partial charge on any atom is -0.449 e. The summed E-state index contributed by atoms with van der Waals surface area (Å²) in [6.07, 6.45) is -0.280. The number of hydrogen-bond donors (Lipinski definition) is 1. The topological polar surface area (TPSA) is 70.5 Å². The molecule has 0 aromatic heterocycles. The molecule has 0 heterocycles. The molecule has 182 valence electrons. The second kappa shape index (κ2) is 12.1. The lowest BCUT2D eigenvalue weighted by molar-refractivity contribution is -0.114. The maximum atomic E-state index is 13.9. The third-order valence-corrected chi connectivity index (χ3v) is 13.2. The number of anilines is 1. The van der Waals surface area contributed by atoms with Gasteiger partial charge in [0.1, 0.15) is 5.57 Å². The van der Waals surface area contributed by atoms with Gasteiger partial charge in [0.25, 0.3) is 5.91 Å². The van der Waals surface area contributed by atoms with E-state index in [1.807, 2.05) is 42.5 Å². The molecule has 0 aliphatic heterocycles. The van der Waals surface area contributed by atoms with Crippen molar-refractivity contribution in [1.82, 2.24) is 0 Å². The van der Waals surface area contributed by atoms with Crippen LogP contribution >= 0.6 is 7.26 Å². The highest BCUT2D eigenvalue weighted by Crippen LogP contribution is 2.70. The van der Waals surface area contributed by atoms with E-state index in [-0.39, 0.29) is 12.2 Å². The first-order chi connectivity index (χ1) is 16.1. The maximum absolute atomic E-state index is 13.9. The Morgan fingerprint density at radius 2 is 1.44 bits per heavy atom. The van der Waals surface area contributed by atoms with E-state index >= 15 is 0 Å². The number of para-hydroxylation sites is 1. The predicted molar refractivity (Wildman–Crippen MR) is 145 cm³/mol. The van der Waals surface area contributed by atoms with Gasteiger partial charge in [-0.3, -0.25) is 10.2 Å². The third kappa shape index (κ3) is 5.66. The first kappa shape index (κ1) is 27.5. The summed E-state index contributed by atoms with van der Waals surface area (Å²) in [6, 6.07) is 16.9. The number of nitrogens with one attached hydrogen (secondary N) is 1. The Labute approximate surface area is 205 Å². The molecular formula is C28H38N2O3P+. The van der Waals surface area contributed by atoms with Crippen LogP contribution in [-0.2, 0) is 9.53 Å². The van der Waals surface area contributed by atoms with Gasteiger partial charge in [-0.2, -0.15) is 0 Å². The highest BCUT2D eigenvalue weighted by Gasteiger charge is 2.49. The van der Waals surface area contributed by atoms with Crippen LogP contribution in [0.4, 0.5) is 10.5 Å². The van der Waals surface area contributed by atoms with Crippen LogP contribution in [0.25, 0.3) is 11.1 Å². The minimum absolute atomic E-state index is 0.140. The number of ether oxygens (including phenoxy) is 1. The van der Waals surface area contributed by atoms with Gasteiger partial charge in [-0.05, 0) is 66.0 Å². The summed E-state index contributed by atoms with van der Waals surface area (Å²) in [4.78, 5) is 28.2. The van der Waals surface area contributed by atoms with E-state index in [2.05, 4.69) is 47.4 Å². The summed E-state index contributed by atoms with van der Waals surface area (Å²) in [5.41, 5.74) is 3.40. The molecule has 1 N–H and O–H groups in total. The highest BCUT2D eigenvalue weighted by atomic mass is 31.2. The molecule has 2 amide bonds. The first-order valence-electron chi connectivity index (χ1n) is 11.9. The van der Waals surface area contributed by atoms with E-state index in [0.717, 1.165) is 16.0 Å². The molecule has 0 saturated heterocycles. The molecule has 0 unspecified atom stereocenters. The van der Waals surface area contributed by atoms with Gasteiger partial charge < -0.3 is 4.74 Å². The summed E-state index contributed by atoms with van der Waals surface area (Å²) in [5, 5.41) is 8.04. The van der Waals surface area contributed by atoms with Gasteiger partial charge in [0, 0.05) is 12.8 Å². The molecule has 2 aromatic carbocycles. The zero-order chi connectivity index (χ0) is 25.5. The lowest BCUT2D eigenvalue weighted by Crippen LogP contribution is -2.41. The van der Waals surface area contributed by atoms with Gasteiger partial charge in [0.05, 0.1) is 35.4 Å². The van der Waals surface area contributed by atoms with Crippen molar-refractivity contribution >= 4 is 30.8 Å². The SMILES string of the molecule is CCOC(=O)N(C(=O)C(=C=N)C[P+](C(C)C)(C(C)C)C(C)C)c1ccccc1-c1ccccc1. The number of carbonyl (C=O) groups excluding carboxylic acids is 2. The van der Waals surface area contributed by atoms with Crippen molar-refractivity contribution in [2.45, 2.75) is 65.4 Å². The summed E-state index contributed by atoms with van der Waals surface area (Å²) in [6.45, 7) is 15.1. The Morgan fingerprint density at radius 1 is 0.912 bits per heavy atom. The van der Waals surface area contributed by atoms with E-state index in [4.69, 9.17) is 10.1 Å². The number of benzene rings is 2. The summed E-state index contributed by atoms with van der Waals surface area (Å²) >= 11 is 0.